The molecule has 0 aliphatic heterocycles. The van der Waals surface area contributed by atoms with Crippen LogP contribution in [0.3, 0.4) is 0 Å². The Kier molecular flexibility index (Phi) is 7.35. The van der Waals surface area contributed by atoms with E-state index in [-0.39, 0.29) is 37.7 Å². The minimum atomic E-state index is -0.963. The van der Waals surface area contributed by atoms with Gasteiger partial charge < -0.3 is 10.8 Å². The zero-order valence-corrected chi connectivity index (χ0v) is 6.43. The second-order valence-electron chi connectivity index (χ2n) is 1.13. The summed E-state index contributed by atoms with van der Waals surface area (Å²) in [6.07, 6.45) is 0. The second kappa shape index (κ2) is 4.84. The van der Waals surface area contributed by atoms with Crippen molar-refractivity contribution >= 4 is 43.7 Å². The smallest absolute Gasteiger partial charge is 0.480 e. The van der Waals surface area contributed by atoms with E-state index in [0.717, 1.165) is 0 Å². The number of carboxylic acids is 1. The minimum absolute atomic E-state index is 0. The van der Waals surface area contributed by atoms with E-state index in [1.165, 1.54) is 6.92 Å². The van der Waals surface area contributed by atoms with Gasteiger partial charge in [-0.1, -0.05) is 0 Å². The fourth-order valence-corrected chi connectivity index (χ4v) is 0. The molecule has 0 spiro atoms. The van der Waals surface area contributed by atoms with Crippen molar-refractivity contribution < 1.29 is 9.90 Å². The molecule has 0 rings (SSSR count). The molecule has 0 saturated heterocycles. The summed E-state index contributed by atoms with van der Waals surface area (Å²) >= 11 is 0. The molecule has 0 radical (unpaired) electrons. The maximum atomic E-state index is 9.57. The monoisotopic (exact) mass is 129 g/mol. The molecular formula is C3H7CaNO2+2. The summed E-state index contributed by atoms with van der Waals surface area (Å²) in [5.41, 5.74) is 4.84. The molecule has 0 saturated carbocycles. The zero-order chi connectivity index (χ0) is 5.15. The van der Waals surface area contributed by atoms with Gasteiger partial charge in [-0.25, -0.2) is 0 Å². The van der Waals surface area contributed by atoms with Crippen molar-refractivity contribution in [2.45, 2.75) is 13.0 Å². The molecule has 1 unspecified atom stereocenters. The van der Waals surface area contributed by atoms with Crippen molar-refractivity contribution in [1.29, 1.82) is 0 Å². The van der Waals surface area contributed by atoms with Gasteiger partial charge in [0.25, 0.3) is 0 Å². The summed E-state index contributed by atoms with van der Waals surface area (Å²) < 4.78 is 0. The van der Waals surface area contributed by atoms with E-state index >= 15 is 0 Å². The Morgan fingerprint density at radius 2 is 2.00 bits per heavy atom. The van der Waals surface area contributed by atoms with Gasteiger partial charge in [-0.3, -0.25) is 4.79 Å². The molecule has 0 aliphatic rings. The molecule has 0 bridgehead atoms. The number of rotatable bonds is 1. The van der Waals surface area contributed by atoms with Gasteiger partial charge in [-0.2, -0.15) is 0 Å². The molecule has 0 aromatic heterocycles. The van der Waals surface area contributed by atoms with Crippen LogP contribution in [-0.4, -0.2) is 54.9 Å². The summed E-state index contributed by atoms with van der Waals surface area (Å²) in [5, 5.41) is 7.87. The first-order valence-corrected chi connectivity index (χ1v) is 1.63. The maximum Gasteiger partial charge on any atom is 2.00 e. The van der Waals surface area contributed by atoms with Crippen LogP contribution in [0, 0.1) is 0 Å². The van der Waals surface area contributed by atoms with Crippen LogP contribution in [0.2, 0.25) is 0 Å². The fourth-order valence-electron chi connectivity index (χ4n) is 0. The number of carbonyl (C=O) groups is 1. The SMILES string of the molecule is CC(N)C(=O)O.[Ca+2]. The first-order chi connectivity index (χ1) is 2.64. The van der Waals surface area contributed by atoms with Crippen LogP contribution in [0.15, 0.2) is 0 Å². The van der Waals surface area contributed by atoms with Crippen LogP contribution in [0.4, 0.5) is 0 Å². The van der Waals surface area contributed by atoms with E-state index in [9.17, 15) is 4.79 Å². The van der Waals surface area contributed by atoms with Crippen LogP contribution >= 0.6 is 0 Å². The quantitative estimate of drug-likeness (QED) is 0.448. The first kappa shape index (κ1) is 10.6. The Balaban J connectivity index is 0. The van der Waals surface area contributed by atoms with Gasteiger partial charge >= 0.3 is 43.7 Å². The molecule has 0 aromatic rings. The number of nitrogens with two attached hydrogens (primary N) is 1. The molecule has 0 amide bonds. The Morgan fingerprint density at radius 3 is 2.00 bits per heavy atom. The molecule has 36 valence electrons. The van der Waals surface area contributed by atoms with E-state index in [4.69, 9.17) is 10.8 Å². The maximum absolute atomic E-state index is 9.57. The Morgan fingerprint density at radius 1 is 1.86 bits per heavy atom. The number of aliphatic carboxylic acids is 1. The van der Waals surface area contributed by atoms with Crippen molar-refractivity contribution in [2.24, 2.45) is 5.73 Å². The molecule has 4 heteroatoms. The van der Waals surface area contributed by atoms with Crippen LogP contribution < -0.4 is 5.73 Å². The summed E-state index contributed by atoms with van der Waals surface area (Å²) in [6, 6.07) is -0.731. The Labute approximate surface area is 71.9 Å². The van der Waals surface area contributed by atoms with Crippen LogP contribution in [-0.2, 0) is 4.79 Å². The minimum Gasteiger partial charge on any atom is -0.480 e. The van der Waals surface area contributed by atoms with E-state index in [0.29, 0.717) is 0 Å². The predicted molar refractivity (Wildman–Crippen MR) is 27.0 cm³/mol. The molecule has 7 heavy (non-hydrogen) atoms. The van der Waals surface area contributed by atoms with Gasteiger partial charge in [-0.15, -0.1) is 0 Å². The average molecular weight is 129 g/mol. The summed E-state index contributed by atoms with van der Waals surface area (Å²) in [7, 11) is 0. The first-order valence-electron chi connectivity index (χ1n) is 1.63. The molecule has 0 fully saturated rings. The summed E-state index contributed by atoms with van der Waals surface area (Å²) in [6.45, 7) is 1.42. The fraction of sp³-hybridized carbons (Fsp3) is 0.667. The van der Waals surface area contributed by atoms with Crippen LogP contribution in [0.25, 0.3) is 0 Å². The van der Waals surface area contributed by atoms with Crippen molar-refractivity contribution in [2.75, 3.05) is 0 Å². The molecule has 3 N–H and O–H groups in total. The third-order valence-corrected chi connectivity index (χ3v) is 0.390. The molecule has 0 aromatic carbocycles. The topological polar surface area (TPSA) is 63.3 Å². The summed E-state index contributed by atoms with van der Waals surface area (Å²) in [5.74, 6) is -0.963. The number of carboxylic acid groups (broad SMARTS) is 1. The van der Waals surface area contributed by atoms with Gasteiger partial charge in [0, 0.05) is 0 Å². The van der Waals surface area contributed by atoms with Crippen molar-refractivity contribution in [3.63, 3.8) is 0 Å². The van der Waals surface area contributed by atoms with Gasteiger partial charge in [-0.05, 0) is 6.92 Å². The van der Waals surface area contributed by atoms with E-state index in [2.05, 4.69) is 0 Å². The second-order valence-corrected chi connectivity index (χ2v) is 1.13. The predicted octanol–water partition coefficient (Wildman–Crippen LogP) is -0.963. The largest absolute Gasteiger partial charge is 2.00 e. The third kappa shape index (κ3) is 6.69. The van der Waals surface area contributed by atoms with Gasteiger partial charge in [0.05, 0.1) is 0 Å². The molecule has 0 heterocycles. The Bertz CT molecular complexity index is 64.0. The van der Waals surface area contributed by atoms with Crippen molar-refractivity contribution in [3.8, 4) is 0 Å². The number of hydrogen-bond donors (Lipinski definition) is 2. The van der Waals surface area contributed by atoms with Crippen molar-refractivity contribution in [1.82, 2.24) is 0 Å². The molecule has 1 atom stereocenters. The van der Waals surface area contributed by atoms with E-state index in [1.54, 1.807) is 0 Å². The van der Waals surface area contributed by atoms with Crippen LogP contribution in [0.5, 0.6) is 0 Å². The van der Waals surface area contributed by atoms with Gasteiger partial charge in [0.1, 0.15) is 6.04 Å². The standard InChI is InChI=1S/C3H7NO2.Ca/c1-2(4)3(5)6;/h2H,4H2,1H3,(H,5,6);/q;+2. The van der Waals surface area contributed by atoms with Gasteiger partial charge in [0.2, 0.25) is 0 Å². The average Bonchev–Trinajstić information content (AvgIpc) is 1.36. The number of hydrogen-bond acceptors (Lipinski definition) is 2. The third-order valence-electron chi connectivity index (χ3n) is 0.390. The molecular weight excluding hydrogens is 122 g/mol. The molecule has 3 nitrogen and oxygen atoms in total. The normalized spacial score (nSPS) is 11.7. The van der Waals surface area contributed by atoms with E-state index in [1.807, 2.05) is 0 Å². The van der Waals surface area contributed by atoms with Crippen molar-refractivity contribution in [3.05, 3.63) is 0 Å². The molecule has 0 aliphatic carbocycles. The van der Waals surface area contributed by atoms with Gasteiger partial charge in [0.15, 0.2) is 0 Å². The van der Waals surface area contributed by atoms with Crippen LogP contribution in [0.1, 0.15) is 6.92 Å². The zero-order valence-electron chi connectivity index (χ0n) is 4.22. The summed E-state index contributed by atoms with van der Waals surface area (Å²) in [4.78, 5) is 9.57. The Hall–Kier alpha value is 0.690. The van der Waals surface area contributed by atoms with E-state index < -0.39 is 12.0 Å².